The Labute approximate surface area is 150 Å². The van der Waals surface area contributed by atoms with Crippen molar-refractivity contribution in [2.24, 2.45) is 5.92 Å². The van der Waals surface area contributed by atoms with Gasteiger partial charge < -0.3 is 5.32 Å². The Morgan fingerprint density at radius 1 is 1.31 bits per heavy atom. The van der Waals surface area contributed by atoms with Crippen molar-refractivity contribution in [2.75, 3.05) is 0 Å². The molecule has 3 amide bonds. The smallest absolute Gasteiger partial charge is 0.331 e. The van der Waals surface area contributed by atoms with Crippen LogP contribution in [0.5, 0.6) is 0 Å². The number of rotatable bonds is 4. The number of carbonyl (C=O) groups is 2. The Morgan fingerprint density at radius 2 is 2.00 bits per heavy atom. The van der Waals surface area contributed by atoms with Crippen LogP contribution in [0.15, 0.2) is 15.8 Å². The molecule has 1 aromatic rings. The van der Waals surface area contributed by atoms with Crippen LogP contribution in [0.3, 0.4) is 0 Å². The summed E-state index contributed by atoms with van der Waals surface area (Å²) in [7, 11) is 0. The van der Waals surface area contributed by atoms with E-state index in [2.05, 4.69) is 10.6 Å². The first-order chi connectivity index (χ1) is 12.4. The predicted molar refractivity (Wildman–Crippen MR) is 93.4 cm³/mol. The third-order valence-electron chi connectivity index (χ3n) is 4.68. The first kappa shape index (κ1) is 19.4. The number of aromatic nitrogens is 2. The molecule has 1 aliphatic rings. The molecule has 0 saturated heterocycles. The monoisotopic (exact) mass is 361 g/mol. The van der Waals surface area contributed by atoms with Gasteiger partial charge in [0.2, 0.25) is 5.91 Å². The van der Waals surface area contributed by atoms with E-state index in [0.29, 0.717) is 10.5 Å². The topological polar surface area (TPSA) is 126 Å². The Kier molecular flexibility index (Phi) is 6.33. The second kappa shape index (κ2) is 8.47. The number of imide groups is 1. The molecule has 1 heterocycles. The molecule has 2 N–H and O–H groups in total. The molecular weight excluding hydrogens is 338 g/mol. The van der Waals surface area contributed by atoms with E-state index in [4.69, 9.17) is 5.26 Å². The number of nitriles is 1. The van der Waals surface area contributed by atoms with E-state index in [-0.39, 0.29) is 18.2 Å². The number of urea groups is 1. The van der Waals surface area contributed by atoms with Crippen LogP contribution < -0.4 is 21.9 Å². The molecular formula is C17H23N5O4. The molecule has 26 heavy (non-hydrogen) atoms. The van der Waals surface area contributed by atoms with Crippen LogP contribution in [0, 0.1) is 17.2 Å². The first-order valence-electron chi connectivity index (χ1n) is 8.72. The minimum absolute atomic E-state index is 0.00138. The predicted octanol–water partition coefficient (Wildman–Crippen LogP) is 0.306. The van der Waals surface area contributed by atoms with Crippen molar-refractivity contribution >= 4 is 11.9 Å². The molecule has 2 atom stereocenters. The summed E-state index contributed by atoms with van der Waals surface area (Å²) in [5.74, 6) is -0.459. The van der Waals surface area contributed by atoms with Gasteiger partial charge in [-0.05, 0) is 25.7 Å². The zero-order valence-corrected chi connectivity index (χ0v) is 14.9. The number of nitrogens with zero attached hydrogens (tertiary/aromatic N) is 3. The van der Waals surface area contributed by atoms with Gasteiger partial charge in [-0.25, -0.2) is 14.2 Å². The van der Waals surface area contributed by atoms with Crippen molar-refractivity contribution in [1.82, 2.24) is 19.8 Å². The minimum Gasteiger partial charge on any atom is -0.335 e. The summed E-state index contributed by atoms with van der Waals surface area (Å²) in [6.07, 6.45) is 5.19. The molecule has 9 heteroatoms. The quantitative estimate of drug-likeness (QED) is 0.798. The van der Waals surface area contributed by atoms with Crippen molar-refractivity contribution < 1.29 is 9.59 Å². The van der Waals surface area contributed by atoms with Gasteiger partial charge in [0.1, 0.15) is 18.2 Å². The molecule has 1 fully saturated rings. The highest BCUT2D eigenvalue weighted by atomic mass is 16.2. The SMILES string of the molecule is CCn1cc(C#N)c(=O)n(CC(=O)NC(=O)N[C@@H]2CCCC[C@@H]2C)c1=O. The molecule has 0 aromatic carbocycles. The summed E-state index contributed by atoms with van der Waals surface area (Å²) in [6.45, 7) is 3.35. The molecule has 1 aliphatic carbocycles. The normalized spacial score (nSPS) is 19.4. The molecule has 1 saturated carbocycles. The Balaban J connectivity index is 2.08. The Hall–Kier alpha value is -2.89. The van der Waals surface area contributed by atoms with E-state index in [1.807, 2.05) is 6.92 Å². The lowest BCUT2D eigenvalue weighted by Crippen LogP contribution is -2.50. The highest BCUT2D eigenvalue weighted by molar-refractivity contribution is 5.94. The molecule has 0 unspecified atom stereocenters. The van der Waals surface area contributed by atoms with Crippen molar-refractivity contribution in [3.63, 3.8) is 0 Å². The summed E-state index contributed by atoms with van der Waals surface area (Å²) in [6, 6.07) is 1.06. The molecule has 9 nitrogen and oxygen atoms in total. The van der Waals surface area contributed by atoms with Gasteiger partial charge in [0.25, 0.3) is 5.56 Å². The number of hydrogen-bond acceptors (Lipinski definition) is 5. The second-order valence-corrected chi connectivity index (χ2v) is 6.50. The number of carbonyl (C=O) groups excluding carboxylic acids is 2. The van der Waals surface area contributed by atoms with E-state index in [1.54, 1.807) is 13.0 Å². The van der Waals surface area contributed by atoms with Gasteiger partial charge >= 0.3 is 11.7 Å². The van der Waals surface area contributed by atoms with Gasteiger partial charge in [0.15, 0.2) is 0 Å². The first-order valence-corrected chi connectivity index (χ1v) is 8.72. The van der Waals surface area contributed by atoms with E-state index >= 15 is 0 Å². The standard InChI is InChI=1S/C17H23N5O4/c1-3-21-9-12(8-18)15(24)22(17(21)26)10-14(23)20-16(25)19-13-7-5-4-6-11(13)2/h9,11,13H,3-7,10H2,1-2H3,(H2,19,20,23,25)/t11-,13+/m0/s1. The van der Waals surface area contributed by atoms with E-state index in [9.17, 15) is 19.2 Å². The van der Waals surface area contributed by atoms with Crippen LogP contribution in [-0.4, -0.2) is 27.1 Å². The van der Waals surface area contributed by atoms with E-state index in [1.165, 1.54) is 0 Å². The fourth-order valence-corrected chi connectivity index (χ4v) is 3.14. The molecule has 2 rings (SSSR count). The zero-order valence-electron chi connectivity index (χ0n) is 14.9. The van der Waals surface area contributed by atoms with Crippen molar-refractivity contribution in [1.29, 1.82) is 5.26 Å². The summed E-state index contributed by atoms with van der Waals surface area (Å²) < 4.78 is 1.82. The van der Waals surface area contributed by atoms with Gasteiger partial charge in [-0.1, -0.05) is 19.8 Å². The van der Waals surface area contributed by atoms with Gasteiger partial charge in [-0.15, -0.1) is 0 Å². The maximum absolute atomic E-state index is 12.2. The van der Waals surface area contributed by atoms with Crippen LogP contribution in [0.2, 0.25) is 0 Å². The van der Waals surface area contributed by atoms with Gasteiger partial charge in [-0.3, -0.25) is 19.5 Å². The highest BCUT2D eigenvalue weighted by Gasteiger charge is 2.23. The highest BCUT2D eigenvalue weighted by Crippen LogP contribution is 2.23. The van der Waals surface area contributed by atoms with Crippen LogP contribution in [0.25, 0.3) is 0 Å². The molecule has 0 bridgehead atoms. The molecule has 0 radical (unpaired) electrons. The average molecular weight is 361 g/mol. The number of hydrogen-bond donors (Lipinski definition) is 2. The van der Waals surface area contributed by atoms with Crippen LogP contribution in [-0.2, 0) is 17.9 Å². The lowest BCUT2D eigenvalue weighted by atomic mass is 9.86. The van der Waals surface area contributed by atoms with Crippen molar-refractivity contribution in [2.45, 2.75) is 58.7 Å². The van der Waals surface area contributed by atoms with Gasteiger partial charge in [0, 0.05) is 18.8 Å². The van der Waals surface area contributed by atoms with Gasteiger partial charge in [0.05, 0.1) is 0 Å². The number of aryl methyl sites for hydroxylation is 1. The molecule has 0 spiro atoms. The van der Waals surface area contributed by atoms with Crippen LogP contribution in [0.4, 0.5) is 4.79 Å². The average Bonchev–Trinajstić information content (AvgIpc) is 2.61. The number of nitrogens with one attached hydrogen (secondary N) is 2. The molecule has 1 aromatic heterocycles. The second-order valence-electron chi connectivity index (χ2n) is 6.50. The van der Waals surface area contributed by atoms with Crippen molar-refractivity contribution in [3.05, 3.63) is 32.6 Å². The molecule has 0 aliphatic heterocycles. The summed E-state index contributed by atoms with van der Waals surface area (Å²) in [5.41, 5.74) is -1.79. The maximum atomic E-state index is 12.2. The largest absolute Gasteiger partial charge is 0.335 e. The summed E-state index contributed by atoms with van der Waals surface area (Å²) in [4.78, 5) is 48.4. The Bertz CT molecular complexity index is 848. The lowest BCUT2D eigenvalue weighted by Gasteiger charge is -2.29. The fraction of sp³-hybridized carbons (Fsp3) is 0.588. The maximum Gasteiger partial charge on any atom is 0.331 e. The minimum atomic E-state index is -0.848. The lowest BCUT2D eigenvalue weighted by molar-refractivity contribution is -0.120. The van der Waals surface area contributed by atoms with E-state index < -0.39 is 29.7 Å². The van der Waals surface area contributed by atoms with Gasteiger partial charge in [-0.2, -0.15) is 5.26 Å². The van der Waals surface area contributed by atoms with Crippen LogP contribution >= 0.6 is 0 Å². The molecule has 140 valence electrons. The summed E-state index contributed by atoms with van der Waals surface area (Å²) in [5, 5.41) is 13.9. The van der Waals surface area contributed by atoms with Crippen molar-refractivity contribution in [3.8, 4) is 6.07 Å². The van der Waals surface area contributed by atoms with E-state index in [0.717, 1.165) is 36.4 Å². The number of amides is 3. The fourth-order valence-electron chi connectivity index (χ4n) is 3.14. The Morgan fingerprint density at radius 3 is 2.62 bits per heavy atom. The van der Waals surface area contributed by atoms with Crippen LogP contribution in [0.1, 0.15) is 45.1 Å². The summed E-state index contributed by atoms with van der Waals surface area (Å²) >= 11 is 0. The zero-order chi connectivity index (χ0) is 19.3. The third kappa shape index (κ3) is 4.39. The third-order valence-corrected chi connectivity index (χ3v) is 4.68.